The number of aromatic nitrogens is 1. The Morgan fingerprint density at radius 1 is 1.27 bits per heavy atom. The third kappa shape index (κ3) is 4.63. The molecule has 1 heterocycles. The standard InChI is InChI=1S/C17H17NO4/c1-2-21-16-10-13(6-8-17(19)20)5-7-15(16)22-12-14-4-3-9-18-11-14/h3-11H,2,12H2,1H3,(H,19,20)/b8-6+. The summed E-state index contributed by atoms with van der Waals surface area (Å²) in [5.41, 5.74) is 1.69. The minimum Gasteiger partial charge on any atom is -0.490 e. The summed E-state index contributed by atoms with van der Waals surface area (Å²) in [6.07, 6.45) is 6.04. The lowest BCUT2D eigenvalue weighted by atomic mass is 10.2. The van der Waals surface area contributed by atoms with Gasteiger partial charge in [0.15, 0.2) is 11.5 Å². The van der Waals surface area contributed by atoms with E-state index < -0.39 is 5.97 Å². The van der Waals surface area contributed by atoms with Crippen molar-refractivity contribution in [1.82, 2.24) is 4.98 Å². The molecule has 0 aliphatic carbocycles. The van der Waals surface area contributed by atoms with Crippen LogP contribution in [0.3, 0.4) is 0 Å². The predicted molar refractivity (Wildman–Crippen MR) is 82.8 cm³/mol. The van der Waals surface area contributed by atoms with Gasteiger partial charge in [0.05, 0.1) is 6.61 Å². The number of hydrogen-bond acceptors (Lipinski definition) is 4. The van der Waals surface area contributed by atoms with Gasteiger partial charge in [-0.3, -0.25) is 4.98 Å². The van der Waals surface area contributed by atoms with E-state index >= 15 is 0 Å². The van der Waals surface area contributed by atoms with Gasteiger partial charge in [-0.15, -0.1) is 0 Å². The first-order valence-corrected chi connectivity index (χ1v) is 6.88. The topological polar surface area (TPSA) is 68.7 Å². The van der Waals surface area contributed by atoms with E-state index in [1.807, 2.05) is 19.1 Å². The third-order valence-electron chi connectivity index (χ3n) is 2.80. The maximum absolute atomic E-state index is 10.6. The van der Waals surface area contributed by atoms with E-state index in [0.717, 1.165) is 17.2 Å². The highest BCUT2D eigenvalue weighted by Crippen LogP contribution is 2.29. The molecule has 0 aliphatic rings. The zero-order valence-corrected chi connectivity index (χ0v) is 12.2. The molecule has 0 aliphatic heterocycles. The molecule has 1 aromatic carbocycles. The smallest absolute Gasteiger partial charge is 0.328 e. The van der Waals surface area contributed by atoms with Crippen molar-refractivity contribution >= 4 is 12.0 Å². The van der Waals surface area contributed by atoms with E-state index in [-0.39, 0.29) is 0 Å². The second kappa shape index (κ2) is 7.83. The van der Waals surface area contributed by atoms with Gasteiger partial charge >= 0.3 is 5.97 Å². The highest BCUT2D eigenvalue weighted by molar-refractivity contribution is 5.85. The van der Waals surface area contributed by atoms with Crippen molar-refractivity contribution < 1.29 is 19.4 Å². The van der Waals surface area contributed by atoms with E-state index in [1.54, 1.807) is 30.6 Å². The van der Waals surface area contributed by atoms with Gasteiger partial charge in [0.25, 0.3) is 0 Å². The number of benzene rings is 1. The highest BCUT2D eigenvalue weighted by Gasteiger charge is 2.06. The van der Waals surface area contributed by atoms with Crippen LogP contribution in [0.2, 0.25) is 0 Å². The Balaban J connectivity index is 2.14. The third-order valence-corrected chi connectivity index (χ3v) is 2.80. The summed E-state index contributed by atoms with van der Waals surface area (Å²) >= 11 is 0. The summed E-state index contributed by atoms with van der Waals surface area (Å²) in [6, 6.07) is 9.07. The molecule has 5 nitrogen and oxygen atoms in total. The van der Waals surface area contributed by atoms with Gasteiger partial charge in [-0.1, -0.05) is 12.1 Å². The fourth-order valence-corrected chi connectivity index (χ4v) is 1.83. The van der Waals surface area contributed by atoms with E-state index in [9.17, 15) is 4.79 Å². The first kappa shape index (κ1) is 15.6. The largest absolute Gasteiger partial charge is 0.490 e. The second-order valence-corrected chi connectivity index (χ2v) is 4.46. The number of hydrogen-bond donors (Lipinski definition) is 1. The number of nitrogens with zero attached hydrogens (tertiary/aromatic N) is 1. The van der Waals surface area contributed by atoms with Crippen LogP contribution in [0, 0.1) is 0 Å². The van der Waals surface area contributed by atoms with Gasteiger partial charge in [0, 0.05) is 24.0 Å². The SMILES string of the molecule is CCOc1cc(/C=C/C(=O)O)ccc1OCc1cccnc1. The van der Waals surface area contributed by atoms with E-state index in [1.165, 1.54) is 6.08 Å². The number of carboxylic acids is 1. The number of pyridine rings is 1. The van der Waals surface area contributed by atoms with Gasteiger partial charge < -0.3 is 14.6 Å². The van der Waals surface area contributed by atoms with Crippen molar-refractivity contribution in [2.45, 2.75) is 13.5 Å². The molecule has 114 valence electrons. The quantitative estimate of drug-likeness (QED) is 0.795. The molecule has 0 bridgehead atoms. The Morgan fingerprint density at radius 3 is 2.82 bits per heavy atom. The van der Waals surface area contributed by atoms with Crippen LogP contribution in [0.15, 0.2) is 48.8 Å². The van der Waals surface area contributed by atoms with Crippen LogP contribution in [-0.2, 0) is 11.4 Å². The molecule has 0 spiro atoms. The molecule has 2 aromatic rings. The van der Waals surface area contributed by atoms with Crippen molar-refractivity contribution in [3.63, 3.8) is 0 Å². The van der Waals surface area contributed by atoms with Gasteiger partial charge in [0.1, 0.15) is 6.61 Å². The predicted octanol–water partition coefficient (Wildman–Crippen LogP) is 3.16. The lowest BCUT2D eigenvalue weighted by Crippen LogP contribution is -2.00. The lowest BCUT2D eigenvalue weighted by Gasteiger charge is -2.12. The van der Waals surface area contributed by atoms with Crippen molar-refractivity contribution in [3.8, 4) is 11.5 Å². The summed E-state index contributed by atoms with van der Waals surface area (Å²) in [4.78, 5) is 14.6. The Hall–Kier alpha value is -2.82. The molecule has 0 unspecified atom stereocenters. The number of rotatable bonds is 7. The van der Waals surface area contributed by atoms with Gasteiger partial charge in [-0.05, 0) is 36.8 Å². The summed E-state index contributed by atoms with van der Waals surface area (Å²) in [7, 11) is 0. The molecule has 22 heavy (non-hydrogen) atoms. The Morgan fingerprint density at radius 2 is 2.14 bits per heavy atom. The minimum absolute atomic E-state index is 0.387. The fourth-order valence-electron chi connectivity index (χ4n) is 1.83. The molecule has 0 atom stereocenters. The molecular weight excluding hydrogens is 282 g/mol. The zero-order valence-electron chi connectivity index (χ0n) is 12.2. The average Bonchev–Trinajstić information content (AvgIpc) is 2.53. The maximum atomic E-state index is 10.6. The van der Waals surface area contributed by atoms with Crippen LogP contribution < -0.4 is 9.47 Å². The minimum atomic E-state index is -0.991. The normalized spacial score (nSPS) is 10.6. The molecule has 1 aromatic heterocycles. The summed E-state index contributed by atoms with van der Waals surface area (Å²) < 4.78 is 11.3. The Bertz CT molecular complexity index is 653. The zero-order chi connectivity index (χ0) is 15.8. The molecule has 0 saturated carbocycles. The summed E-state index contributed by atoms with van der Waals surface area (Å²) in [6.45, 7) is 2.76. The van der Waals surface area contributed by atoms with Crippen LogP contribution in [0.25, 0.3) is 6.08 Å². The molecule has 0 fully saturated rings. The van der Waals surface area contributed by atoms with Crippen LogP contribution in [-0.4, -0.2) is 22.7 Å². The van der Waals surface area contributed by atoms with Crippen LogP contribution in [0.5, 0.6) is 11.5 Å². The van der Waals surface area contributed by atoms with Crippen molar-refractivity contribution in [2.24, 2.45) is 0 Å². The highest BCUT2D eigenvalue weighted by atomic mass is 16.5. The number of carbonyl (C=O) groups is 1. The van der Waals surface area contributed by atoms with Crippen LogP contribution in [0.1, 0.15) is 18.1 Å². The number of carboxylic acid groups (broad SMARTS) is 1. The Labute approximate surface area is 128 Å². The monoisotopic (exact) mass is 299 g/mol. The van der Waals surface area contributed by atoms with Crippen molar-refractivity contribution in [3.05, 3.63) is 59.9 Å². The first-order chi connectivity index (χ1) is 10.7. The van der Waals surface area contributed by atoms with Crippen LogP contribution >= 0.6 is 0 Å². The van der Waals surface area contributed by atoms with Crippen molar-refractivity contribution in [1.29, 1.82) is 0 Å². The second-order valence-electron chi connectivity index (χ2n) is 4.46. The molecule has 0 saturated heterocycles. The lowest BCUT2D eigenvalue weighted by molar-refractivity contribution is -0.131. The van der Waals surface area contributed by atoms with E-state index in [2.05, 4.69) is 4.98 Å². The molecule has 5 heteroatoms. The number of ether oxygens (including phenoxy) is 2. The average molecular weight is 299 g/mol. The molecule has 0 radical (unpaired) electrons. The molecule has 1 N–H and O–H groups in total. The fraction of sp³-hybridized carbons (Fsp3) is 0.176. The first-order valence-electron chi connectivity index (χ1n) is 6.88. The summed E-state index contributed by atoms with van der Waals surface area (Å²) in [5, 5.41) is 8.66. The van der Waals surface area contributed by atoms with Gasteiger partial charge in [0.2, 0.25) is 0 Å². The van der Waals surface area contributed by atoms with Gasteiger partial charge in [-0.25, -0.2) is 4.79 Å². The maximum Gasteiger partial charge on any atom is 0.328 e. The van der Waals surface area contributed by atoms with Crippen molar-refractivity contribution in [2.75, 3.05) is 6.61 Å². The van der Waals surface area contributed by atoms with Crippen LogP contribution in [0.4, 0.5) is 0 Å². The summed E-state index contributed by atoms with van der Waals surface area (Å²) in [5.74, 6) is 0.201. The molecule has 2 rings (SSSR count). The number of aliphatic carboxylic acids is 1. The molecule has 0 amide bonds. The van der Waals surface area contributed by atoms with E-state index in [4.69, 9.17) is 14.6 Å². The van der Waals surface area contributed by atoms with E-state index in [0.29, 0.717) is 24.7 Å². The Kier molecular flexibility index (Phi) is 5.54. The molecular formula is C17H17NO4. The van der Waals surface area contributed by atoms with Gasteiger partial charge in [-0.2, -0.15) is 0 Å².